The second kappa shape index (κ2) is 5.82. The van der Waals surface area contributed by atoms with E-state index in [9.17, 15) is 9.18 Å². The Bertz CT molecular complexity index is 812. The predicted octanol–water partition coefficient (Wildman–Crippen LogP) is 4.86. The first-order chi connectivity index (χ1) is 10.7. The summed E-state index contributed by atoms with van der Waals surface area (Å²) in [7, 11) is 0. The number of benzene rings is 3. The van der Waals surface area contributed by atoms with Gasteiger partial charge in [0.1, 0.15) is 5.82 Å². The molecule has 0 radical (unpaired) electrons. The first-order valence-electron chi connectivity index (χ1n) is 6.84. The lowest BCUT2D eigenvalue weighted by Crippen LogP contribution is -2.02. The standard InChI is InChI=1S/C19H13FO2/c20-18-12-16(14-9-5-2-6-10-14)15(11-17(18)19(21)22)13-7-3-1-4-8-13/h1-12H,(H,21,22). The monoisotopic (exact) mass is 292 g/mol. The van der Waals surface area contributed by atoms with Crippen molar-refractivity contribution >= 4 is 5.97 Å². The molecule has 0 bridgehead atoms. The summed E-state index contributed by atoms with van der Waals surface area (Å²) in [6.45, 7) is 0. The van der Waals surface area contributed by atoms with Crippen molar-refractivity contribution < 1.29 is 14.3 Å². The Kier molecular flexibility index (Phi) is 3.71. The van der Waals surface area contributed by atoms with Gasteiger partial charge in [0.2, 0.25) is 0 Å². The lowest BCUT2D eigenvalue weighted by molar-refractivity contribution is 0.0692. The second-order valence-corrected chi connectivity index (χ2v) is 4.91. The maximum atomic E-state index is 14.1. The topological polar surface area (TPSA) is 37.3 Å². The van der Waals surface area contributed by atoms with Crippen molar-refractivity contribution in [2.24, 2.45) is 0 Å². The molecule has 3 rings (SSSR count). The summed E-state index contributed by atoms with van der Waals surface area (Å²) in [5.74, 6) is -2.00. The minimum absolute atomic E-state index is 0.321. The molecular formula is C19H13FO2. The Labute approximate surface area is 127 Å². The number of halogens is 1. The van der Waals surface area contributed by atoms with Crippen LogP contribution in [0.2, 0.25) is 0 Å². The van der Waals surface area contributed by atoms with Crippen LogP contribution in [-0.2, 0) is 0 Å². The van der Waals surface area contributed by atoms with Crippen LogP contribution in [0.5, 0.6) is 0 Å². The molecule has 0 aliphatic rings. The number of hydrogen-bond donors (Lipinski definition) is 1. The number of aromatic carboxylic acids is 1. The van der Waals surface area contributed by atoms with E-state index in [2.05, 4.69) is 0 Å². The van der Waals surface area contributed by atoms with E-state index in [0.29, 0.717) is 11.1 Å². The van der Waals surface area contributed by atoms with Crippen molar-refractivity contribution in [3.63, 3.8) is 0 Å². The van der Waals surface area contributed by atoms with Crippen LogP contribution >= 0.6 is 0 Å². The Balaban J connectivity index is 2.29. The van der Waals surface area contributed by atoms with Gasteiger partial charge in [0.05, 0.1) is 5.56 Å². The zero-order valence-electron chi connectivity index (χ0n) is 11.7. The third-order valence-electron chi connectivity index (χ3n) is 3.51. The van der Waals surface area contributed by atoms with Crippen molar-refractivity contribution in [2.75, 3.05) is 0 Å². The van der Waals surface area contributed by atoms with Gasteiger partial charge in [0, 0.05) is 0 Å². The van der Waals surface area contributed by atoms with Crippen LogP contribution in [0.4, 0.5) is 4.39 Å². The van der Waals surface area contributed by atoms with Crippen LogP contribution in [0.15, 0.2) is 72.8 Å². The minimum Gasteiger partial charge on any atom is -0.478 e. The smallest absolute Gasteiger partial charge is 0.338 e. The highest BCUT2D eigenvalue weighted by atomic mass is 19.1. The van der Waals surface area contributed by atoms with Gasteiger partial charge in [-0.25, -0.2) is 9.18 Å². The molecule has 0 amide bonds. The molecular weight excluding hydrogens is 279 g/mol. The highest BCUT2D eigenvalue weighted by Gasteiger charge is 2.16. The Hall–Kier alpha value is -2.94. The van der Waals surface area contributed by atoms with E-state index < -0.39 is 11.8 Å². The van der Waals surface area contributed by atoms with Crippen LogP contribution < -0.4 is 0 Å². The molecule has 0 unspecified atom stereocenters. The normalized spacial score (nSPS) is 10.4. The van der Waals surface area contributed by atoms with Crippen LogP contribution in [0.3, 0.4) is 0 Å². The summed E-state index contributed by atoms with van der Waals surface area (Å²) in [6.07, 6.45) is 0. The molecule has 3 heteroatoms. The quantitative estimate of drug-likeness (QED) is 0.748. The van der Waals surface area contributed by atoms with Crippen LogP contribution in [0.1, 0.15) is 10.4 Å². The number of carboxylic acid groups (broad SMARTS) is 1. The highest BCUT2D eigenvalue weighted by Crippen LogP contribution is 2.34. The Morgan fingerprint density at radius 1 is 0.773 bits per heavy atom. The summed E-state index contributed by atoms with van der Waals surface area (Å²) >= 11 is 0. The summed E-state index contributed by atoms with van der Waals surface area (Å²) in [5.41, 5.74) is 2.75. The summed E-state index contributed by atoms with van der Waals surface area (Å²) in [5, 5.41) is 9.16. The maximum Gasteiger partial charge on any atom is 0.338 e. The van der Waals surface area contributed by atoms with Gasteiger partial charge in [-0.2, -0.15) is 0 Å². The molecule has 108 valence electrons. The van der Waals surface area contributed by atoms with E-state index in [1.54, 1.807) is 0 Å². The average molecular weight is 292 g/mol. The molecule has 3 aromatic carbocycles. The molecule has 0 spiro atoms. The fraction of sp³-hybridized carbons (Fsp3) is 0. The fourth-order valence-corrected chi connectivity index (χ4v) is 2.45. The van der Waals surface area contributed by atoms with Gasteiger partial charge in [0.25, 0.3) is 0 Å². The van der Waals surface area contributed by atoms with Crippen LogP contribution in [0, 0.1) is 5.82 Å². The molecule has 2 nitrogen and oxygen atoms in total. The summed E-state index contributed by atoms with van der Waals surface area (Å²) < 4.78 is 14.1. The van der Waals surface area contributed by atoms with E-state index in [1.165, 1.54) is 12.1 Å². The minimum atomic E-state index is -1.27. The predicted molar refractivity (Wildman–Crippen MR) is 84.2 cm³/mol. The van der Waals surface area contributed by atoms with Crippen molar-refractivity contribution in [2.45, 2.75) is 0 Å². The van der Waals surface area contributed by atoms with E-state index in [-0.39, 0.29) is 5.56 Å². The molecule has 0 saturated carbocycles. The Morgan fingerprint density at radius 3 is 1.68 bits per heavy atom. The highest BCUT2D eigenvalue weighted by molar-refractivity contribution is 5.93. The van der Waals surface area contributed by atoms with Gasteiger partial charge in [-0.1, -0.05) is 60.7 Å². The molecule has 0 aromatic heterocycles. The van der Waals surface area contributed by atoms with Gasteiger partial charge >= 0.3 is 5.97 Å². The number of hydrogen-bond acceptors (Lipinski definition) is 1. The fourth-order valence-electron chi connectivity index (χ4n) is 2.45. The maximum absolute atomic E-state index is 14.1. The largest absolute Gasteiger partial charge is 0.478 e. The molecule has 0 heterocycles. The first-order valence-corrected chi connectivity index (χ1v) is 6.84. The number of carboxylic acids is 1. The van der Waals surface area contributed by atoms with Gasteiger partial charge in [0.15, 0.2) is 0 Å². The van der Waals surface area contributed by atoms with E-state index in [0.717, 1.165) is 11.1 Å². The van der Waals surface area contributed by atoms with E-state index in [1.807, 2.05) is 60.7 Å². The zero-order chi connectivity index (χ0) is 15.5. The summed E-state index contributed by atoms with van der Waals surface area (Å²) in [4.78, 5) is 11.2. The van der Waals surface area contributed by atoms with Gasteiger partial charge in [-0.15, -0.1) is 0 Å². The van der Waals surface area contributed by atoms with E-state index in [4.69, 9.17) is 5.11 Å². The molecule has 3 aromatic rings. The SMILES string of the molecule is O=C(O)c1cc(-c2ccccc2)c(-c2ccccc2)cc1F. The number of carbonyl (C=O) groups is 1. The van der Waals surface area contributed by atoms with Gasteiger partial charge in [-0.3, -0.25) is 0 Å². The van der Waals surface area contributed by atoms with Gasteiger partial charge < -0.3 is 5.11 Å². The van der Waals surface area contributed by atoms with Crippen molar-refractivity contribution in [3.8, 4) is 22.3 Å². The van der Waals surface area contributed by atoms with E-state index >= 15 is 0 Å². The molecule has 22 heavy (non-hydrogen) atoms. The molecule has 0 aliphatic carbocycles. The van der Waals surface area contributed by atoms with Crippen molar-refractivity contribution in [1.82, 2.24) is 0 Å². The van der Waals surface area contributed by atoms with Crippen LogP contribution in [-0.4, -0.2) is 11.1 Å². The van der Waals surface area contributed by atoms with Crippen molar-refractivity contribution in [1.29, 1.82) is 0 Å². The average Bonchev–Trinajstić information content (AvgIpc) is 2.56. The lowest BCUT2D eigenvalue weighted by atomic mass is 9.92. The first kappa shape index (κ1) is 14.0. The lowest BCUT2D eigenvalue weighted by Gasteiger charge is -2.12. The molecule has 0 fully saturated rings. The molecule has 0 aliphatic heterocycles. The molecule has 1 N–H and O–H groups in total. The zero-order valence-corrected chi connectivity index (χ0v) is 11.7. The van der Waals surface area contributed by atoms with Crippen molar-refractivity contribution in [3.05, 3.63) is 84.2 Å². The number of rotatable bonds is 3. The third-order valence-corrected chi connectivity index (χ3v) is 3.51. The third kappa shape index (κ3) is 2.61. The van der Waals surface area contributed by atoms with Gasteiger partial charge in [-0.05, 0) is 34.4 Å². The molecule has 0 saturated heterocycles. The second-order valence-electron chi connectivity index (χ2n) is 4.91. The van der Waals surface area contributed by atoms with Crippen LogP contribution in [0.25, 0.3) is 22.3 Å². The molecule has 0 atom stereocenters. The summed E-state index contributed by atoms with van der Waals surface area (Å²) in [6, 6.07) is 21.4. The Morgan fingerprint density at radius 2 is 1.23 bits per heavy atom.